The Bertz CT molecular complexity index is 809. The van der Waals surface area contributed by atoms with Crippen molar-refractivity contribution in [1.82, 2.24) is 9.97 Å². The summed E-state index contributed by atoms with van der Waals surface area (Å²) in [6, 6.07) is 6.00. The van der Waals surface area contributed by atoms with Gasteiger partial charge in [0.05, 0.1) is 4.92 Å². The minimum Gasteiger partial charge on any atom is -0.364 e. The monoisotopic (exact) mass is 433 g/mol. The Kier molecular flexibility index (Phi) is 6.60. The Morgan fingerprint density at radius 3 is 2.78 bits per heavy atom. The molecule has 0 spiro atoms. The van der Waals surface area contributed by atoms with E-state index in [0.29, 0.717) is 25.0 Å². The molecule has 0 unspecified atom stereocenters. The lowest BCUT2D eigenvalue weighted by atomic mass is 9.89. The second-order valence-corrected chi connectivity index (χ2v) is 7.80. The standard InChI is InChI=1S/C19H24BrN5O2/c1-13-15(8-5-9-16(13)20)11-22-19-23-12-17(25(26)27)18(24-19)21-10-14-6-3-2-4-7-14/h5,8-9,12,14H,2-4,6-7,10-11H2,1H3,(H2,21,22,23,24). The van der Waals surface area contributed by atoms with E-state index >= 15 is 0 Å². The second kappa shape index (κ2) is 9.12. The van der Waals surface area contributed by atoms with Gasteiger partial charge < -0.3 is 10.6 Å². The summed E-state index contributed by atoms with van der Waals surface area (Å²) in [7, 11) is 0. The van der Waals surface area contributed by atoms with E-state index in [4.69, 9.17) is 0 Å². The maximum Gasteiger partial charge on any atom is 0.329 e. The highest BCUT2D eigenvalue weighted by molar-refractivity contribution is 9.10. The van der Waals surface area contributed by atoms with Crippen LogP contribution in [0.4, 0.5) is 17.5 Å². The van der Waals surface area contributed by atoms with Gasteiger partial charge in [0.2, 0.25) is 11.8 Å². The number of anilines is 2. The summed E-state index contributed by atoms with van der Waals surface area (Å²) in [5.74, 6) is 1.22. The Hall–Kier alpha value is -2.22. The first kappa shape index (κ1) is 19.5. The number of nitro groups is 1. The van der Waals surface area contributed by atoms with Crippen molar-refractivity contribution < 1.29 is 4.92 Å². The molecule has 2 N–H and O–H groups in total. The molecule has 1 aliphatic rings. The molecule has 8 heteroatoms. The summed E-state index contributed by atoms with van der Waals surface area (Å²) in [6.07, 6.45) is 7.35. The summed E-state index contributed by atoms with van der Waals surface area (Å²) < 4.78 is 1.04. The number of halogens is 1. The van der Waals surface area contributed by atoms with Crippen LogP contribution in [0.2, 0.25) is 0 Å². The molecule has 0 aliphatic heterocycles. The van der Waals surface area contributed by atoms with Crippen LogP contribution in [-0.2, 0) is 6.54 Å². The van der Waals surface area contributed by atoms with Crippen LogP contribution in [0.15, 0.2) is 28.9 Å². The molecule has 2 aromatic rings. The van der Waals surface area contributed by atoms with Crippen molar-refractivity contribution in [2.45, 2.75) is 45.6 Å². The van der Waals surface area contributed by atoms with Crippen LogP contribution in [0.1, 0.15) is 43.2 Å². The molecule has 0 bridgehead atoms. The molecular formula is C19H24BrN5O2. The predicted molar refractivity (Wildman–Crippen MR) is 110 cm³/mol. The Morgan fingerprint density at radius 1 is 1.26 bits per heavy atom. The van der Waals surface area contributed by atoms with E-state index in [1.165, 1.54) is 38.3 Å². The number of nitrogens with zero attached hydrogens (tertiary/aromatic N) is 3. The minimum atomic E-state index is -0.439. The van der Waals surface area contributed by atoms with Gasteiger partial charge in [-0.3, -0.25) is 10.1 Å². The van der Waals surface area contributed by atoms with Crippen molar-refractivity contribution in [2.75, 3.05) is 17.2 Å². The lowest BCUT2D eigenvalue weighted by molar-refractivity contribution is -0.384. The summed E-state index contributed by atoms with van der Waals surface area (Å²) >= 11 is 3.52. The normalized spacial score (nSPS) is 14.7. The number of aromatic nitrogens is 2. The SMILES string of the molecule is Cc1c(Br)cccc1CNc1ncc([N+](=O)[O-])c(NCC2CCCCC2)n1. The van der Waals surface area contributed by atoms with Gasteiger partial charge in [-0.05, 0) is 42.9 Å². The lowest BCUT2D eigenvalue weighted by Gasteiger charge is -2.21. The van der Waals surface area contributed by atoms with Crippen LogP contribution in [0.3, 0.4) is 0 Å². The largest absolute Gasteiger partial charge is 0.364 e. The smallest absolute Gasteiger partial charge is 0.329 e. The zero-order chi connectivity index (χ0) is 19.2. The number of rotatable bonds is 7. The third-order valence-electron chi connectivity index (χ3n) is 5.07. The maximum atomic E-state index is 11.3. The van der Waals surface area contributed by atoms with Crippen LogP contribution in [0.5, 0.6) is 0 Å². The van der Waals surface area contributed by atoms with E-state index in [1.807, 2.05) is 25.1 Å². The van der Waals surface area contributed by atoms with E-state index < -0.39 is 4.92 Å². The van der Waals surface area contributed by atoms with Crippen molar-refractivity contribution in [2.24, 2.45) is 5.92 Å². The summed E-state index contributed by atoms with van der Waals surface area (Å²) in [5, 5.41) is 17.7. The zero-order valence-electron chi connectivity index (χ0n) is 15.4. The molecule has 1 aliphatic carbocycles. The Morgan fingerprint density at radius 2 is 2.04 bits per heavy atom. The number of hydrogen-bond donors (Lipinski definition) is 2. The third kappa shape index (κ3) is 5.15. The molecule has 1 heterocycles. The Balaban J connectivity index is 1.70. The van der Waals surface area contributed by atoms with Crippen molar-refractivity contribution in [3.8, 4) is 0 Å². The van der Waals surface area contributed by atoms with Gasteiger partial charge in [-0.1, -0.05) is 47.3 Å². The average Bonchev–Trinajstić information content (AvgIpc) is 2.68. The predicted octanol–water partition coefficient (Wildman–Crippen LogP) is 5.06. The van der Waals surface area contributed by atoms with E-state index in [-0.39, 0.29) is 11.5 Å². The molecule has 1 aromatic carbocycles. The zero-order valence-corrected chi connectivity index (χ0v) is 17.0. The van der Waals surface area contributed by atoms with Gasteiger partial charge in [-0.15, -0.1) is 0 Å². The van der Waals surface area contributed by atoms with Crippen molar-refractivity contribution in [1.29, 1.82) is 0 Å². The fourth-order valence-corrected chi connectivity index (χ4v) is 3.78. The molecular weight excluding hydrogens is 410 g/mol. The molecule has 1 aromatic heterocycles. The molecule has 0 amide bonds. The first-order chi connectivity index (χ1) is 13.0. The highest BCUT2D eigenvalue weighted by atomic mass is 79.9. The Labute approximate surface area is 167 Å². The summed E-state index contributed by atoms with van der Waals surface area (Å²) in [6.45, 7) is 3.29. The molecule has 27 heavy (non-hydrogen) atoms. The van der Waals surface area contributed by atoms with Gasteiger partial charge in [0.15, 0.2) is 0 Å². The molecule has 0 saturated heterocycles. The molecule has 1 fully saturated rings. The second-order valence-electron chi connectivity index (χ2n) is 6.95. The average molecular weight is 434 g/mol. The first-order valence-electron chi connectivity index (χ1n) is 9.27. The summed E-state index contributed by atoms with van der Waals surface area (Å²) in [4.78, 5) is 19.3. The van der Waals surface area contributed by atoms with Crippen LogP contribution in [0, 0.1) is 23.0 Å². The van der Waals surface area contributed by atoms with Gasteiger partial charge in [0, 0.05) is 17.6 Å². The van der Waals surface area contributed by atoms with Crippen LogP contribution < -0.4 is 10.6 Å². The number of nitrogens with one attached hydrogen (secondary N) is 2. The fraction of sp³-hybridized carbons (Fsp3) is 0.474. The third-order valence-corrected chi connectivity index (χ3v) is 5.92. The topological polar surface area (TPSA) is 93.0 Å². The number of hydrogen-bond acceptors (Lipinski definition) is 6. The van der Waals surface area contributed by atoms with Crippen molar-refractivity contribution in [3.05, 3.63) is 50.1 Å². The highest BCUT2D eigenvalue weighted by Gasteiger charge is 2.20. The van der Waals surface area contributed by atoms with Gasteiger partial charge >= 0.3 is 5.69 Å². The highest BCUT2D eigenvalue weighted by Crippen LogP contribution is 2.27. The fourth-order valence-electron chi connectivity index (χ4n) is 3.37. The summed E-state index contributed by atoms with van der Waals surface area (Å²) in [5.41, 5.74) is 2.17. The molecule has 0 radical (unpaired) electrons. The molecule has 0 atom stereocenters. The minimum absolute atomic E-state index is 0.0880. The lowest BCUT2D eigenvalue weighted by Crippen LogP contribution is -2.19. The van der Waals surface area contributed by atoms with E-state index in [9.17, 15) is 10.1 Å². The van der Waals surface area contributed by atoms with E-state index in [0.717, 1.165) is 15.6 Å². The van der Waals surface area contributed by atoms with Gasteiger partial charge in [-0.25, -0.2) is 4.98 Å². The maximum absolute atomic E-state index is 11.3. The van der Waals surface area contributed by atoms with Crippen LogP contribution in [-0.4, -0.2) is 21.4 Å². The van der Waals surface area contributed by atoms with Gasteiger partial charge in [0.25, 0.3) is 0 Å². The molecule has 1 saturated carbocycles. The van der Waals surface area contributed by atoms with Crippen LogP contribution >= 0.6 is 15.9 Å². The molecule has 3 rings (SSSR count). The number of benzene rings is 1. The van der Waals surface area contributed by atoms with Gasteiger partial charge in [0.1, 0.15) is 6.20 Å². The van der Waals surface area contributed by atoms with Crippen molar-refractivity contribution >= 4 is 33.4 Å². The van der Waals surface area contributed by atoms with Crippen molar-refractivity contribution in [3.63, 3.8) is 0 Å². The van der Waals surface area contributed by atoms with Crippen LogP contribution in [0.25, 0.3) is 0 Å². The van der Waals surface area contributed by atoms with Gasteiger partial charge in [-0.2, -0.15) is 4.98 Å². The molecule has 7 nitrogen and oxygen atoms in total. The van der Waals surface area contributed by atoms with E-state index in [1.54, 1.807) is 0 Å². The quantitative estimate of drug-likeness (QED) is 0.468. The first-order valence-corrected chi connectivity index (χ1v) is 10.1. The van der Waals surface area contributed by atoms with E-state index in [2.05, 4.69) is 36.5 Å². The molecule has 144 valence electrons.